The number of aliphatic carboxylic acids is 1. The van der Waals surface area contributed by atoms with Crippen molar-refractivity contribution >= 4 is 11.8 Å². The number of aromatic nitrogens is 2. The number of nitrogens with zero attached hydrogens (tertiary/aromatic N) is 2. The topological polar surface area (TPSA) is 100 Å². The molecule has 0 spiro atoms. The molecule has 6 nitrogen and oxygen atoms in total. The zero-order valence-corrected chi connectivity index (χ0v) is 10.5. The lowest BCUT2D eigenvalue weighted by atomic mass is 10.1. The summed E-state index contributed by atoms with van der Waals surface area (Å²) in [5.74, 6) is -1.84. The molecule has 2 rings (SSSR count). The van der Waals surface area contributed by atoms with Crippen molar-refractivity contribution in [3.63, 3.8) is 0 Å². The van der Waals surface area contributed by atoms with Crippen LogP contribution >= 0.6 is 0 Å². The molecule has 2 heterocycles. The molecule has 0 aliphatic rings. The molecule has 0 amide bonds. The first-order valence-corrected chi connectivity index (χ1v) is 5.93. The van der Waals surface area contributed by atoms with E-state index in [1.165, 1.54) is 12.3 Å². The van der Waals surface area contributed by atoms with E-state index >= 15 is 0 Å². The van der Waals surface area contributed by atoms with E-state index in [1.807, 2.05) is 0 Å². The predicted molar refractivity (Wildman–Crippen MR) is 70.3 cm³/mol. The molecule has 6 heteroatoms. The lowest BCUT2D eigenvalue weighted by Gasteiger charge is -2.05. The molecule has 0 fully saturated rings. The standard InChI is InChI=1S/C14H12N2O4/c17-11(4-5-13(19)20)14-12(18)7-9(8-16-14)10-3-1-2-6-15-10/h1-3,6-8,18H,4-5H2,(H,19,20). The molecule has 0 aromatic carbocycles. The molecule has 0 aliphatic carbocycles. The quantitative estimate of drug-likeness (QED) is 0.806. The highest BCUT2D eigenvalue weighted by molar-refractivity contribution is 5.98. The van der Waals surface area contributed by atoms with Gasteiger partial charge in [-0.2, -0.15) is 0 Å². The first-order chi connectivity index (χ1) is 9.58. The van der Waals surface area contributed by atoms with Crippen molar-refractivity contribution in [1.29, 1.82) is 0 Å². The molecule has 2 aromatic heterocycles. The Morgan fingerprint density at radius 3 is 2.55 bits per heavy atom. The maximum Gasteiger partial charge on any atom is 0.303 e. The summed E-state index contributed by atoms with van der Waals surface area (Å²) in [7, 11) is 0. The highest BCUT2D eigenvalue weighted by Gasteiger charge is 2.15. The summed E-state index contributed by atoms with van der Waals surface area (Å²) >= 11 is 0. The van der Waals surface area contributed by atoms with Crippen molar-refractivity contribution in [2.45, 2.75) is 12.8 Å². The summed E-state index contributed by atoms with van der Waals surface area (Å²) in [6.07, 6.45) is 2.55. The fourth-order valence-electron chi connectivity index (χ4n) is 1.68. The summed E-state index contributed by atoms with van der Waals surface area (Å²) < 4.78 is 0. The second-order valence-corrected chi connectivity index (χ2v) is 4.12. The smallest absolute Gasteiger partial charge is 0.303 e. The van der Waals surface area contributed by atoms with Gasteiger partial charge in [-0.05, 0) is 18.2 Å². The van der Waals surface area contributed by atoms with Crippen LogP contribution in [0.4, 0.5) is 0 Å². The average Bonchev–Trinajstić information content (AvgIpc) is 2.45. The maximum atomic E-state index is 11.7. The van der Waals surface area contributed by atoms with E-state index in [9.17, 15) is 14.7 Å². The zero-order valence-electron chi connectivity index (χ0n) is 10.5. The highest BCUT2D eigenvalue weighted by atomic mass is 16.4. The first kappa shape index (κ1) is 13.7. The van der Waals surface area contributed by atoms with Crippen LogP contribution in [-0.4, -0.2) is 31.9 Å². The third kappa shape index (κ3) is 3.17. The molecule has 2 N–H and O–H groups in total. The lowest BCUT2D eigenvalue weighted by molar-refractivity contribution is -0.136. The van der Waals surface area contributed by atoms with E-state index in [-0.39, 0.29) is 24.3 Å². The molecule has 0 aliphatic heterocycles. The van der Waals surface area contributed by atoms with Crippen LogP contribution in [0.15, 0.2) is 36.7 Å². The molecular weight excluding hydrogens is 260 g/mol. The molecule has 20 heavy (non-hydrogen) atoms. The minimum absolute atomic E-state index is 0.120. The van der Waals surface area contributed by atoms with Crippen molar-refractivity contribution in [2.75, 3.05) is 0 Å². The molecule has 0 atom stereocenters. The molecule has 0 saturated carbocycles. The summed E-state index contributed by atoms with van der Waals surface area (Å²) in [6.45, 7) is 0. The van der Waals surface area contributed by atoms with E-state index < -0.39 is 11.8 Å². The fraction of sp³-hybridized carbons (Fsp3) is 0.143. The van der Waals surface area contributed by atoms with Gasteiger partial charge in [0.1, 0.15) is 11.4 Å². The number of carboxylic acids is 1. The van der Waals surface area contributed by atoms with Crippen LogP contribution in [0.5, 0.6) is 5.75 Å². The van der Waals surface area contributed by atoms with Crippen LogP contribution in [0.2, 0.25) is 0 Å². The van der Waals surface area contributed by atoms with Crippen molar-refractivity contribution in [1.82, 2.24) is 9.97 Å². The van der Waals surface area contributed by atoms with Crippen LogP contribution in [0.25, 0.3) is 11.3 Å². The zero-order chi connectivity index (χ0) is 14.5. The van der Waals surface area contributed by atoms with Crippen LogP contribution in [0.1, 0.15) is 23.3 Å². The Hall–Kier alpha value is -2.76. The van der Waals surface area contributed by atoms with E-state index in [2.05, 4.69) is 9.97 Å². The lowest BCUT2D eigenvalue weighted by Crippen LogP contribution is -2.06. The second-order valence-electron chi connectivity index (χ2n) is 4.12. The van der Waals surface area contributed by atoms with Crippen LogP contribution < -0.4 is 0 Å². The maximum absolute atomic E-state index is 11.7. The Balaban J connectivity index is 2.22. The number of carboxylic acid groups (broad SMARTS) is 1. The number of hydrogen-bond donors (Lipinski definition) is 2. The SMILES string of the molecule is O=C(O)CCC(=O)c1ncc(-c2ccccn2)cc1O. The Labute approximate surface area is 114 Å². The molecule has 0 saturated heterocycles. The molecule has 0 radical (unpaired) electrons. The van der Waals surface area contributed by atoms with Gasteiger partial charge in [-0.25, -0.2) is 4.98 Å². The average molecular weight is 272 g/mol. The number of hydrogen-bond acceptors (Lipinski definition) is 5. The van der Waals surface area contributed by atoms with Gasteiger partial charge < -0.3 is 10.2 Å². The number of carbonyl (C=O) groups is 2. The van der Waals surface area contributed by atoms with Gasteiger partial charge in [0.15, 0.2) is 5.78 Å². The summed E-state index contributed by atoms with van der Waals surface area (Å²) in [4.78, 5) is 30.1. The predicted octanol–water partition coefficient (Wildman–Crippen LogP) is 1.90. The number of carbonyl (C=O) groups excluding carboxylic acids is 1. The summed E-state index contributed by atoms with van der Waals surface area (Å²) in [5, 5.41) is 18.4. The number of Topliss-reactive ketones (excluding diaryl/α,β-unsaturated/α-hetero) is 1. The molecule has 0 unspecified atom stereocenters. The Morgan fingerprint density at radius 2 is 1.95 bits per heavy atom. The first-order valence-electron chi connectivity index (χ1n) is 5.93. The fourth-order valence-corrected chi connectivity index (χ4v) is 1.68. The minimum Gasteiger partial charge on any atom is -0.506 e. The molecule has 0 bridgehead atoms. The summed E-state index contributed by atoms with van der Waals surface area (Å²) in [5.41, 5.74) is 1.09. The number of rotatable bonds is 5. The van der Waals surface area contributed by atoms with Gasteiger partial charge in [0.25, 0.3) is 0 Å². The minimum atomic E-state index is -1.07. The number of pyridine rings is 2. The van der Waals surface area contributed by atoms with Gasteiger partial charge in [-0.15, -0.1) is 0 Å². The Kier molecular flexibility index (Phi) is 4.05. The number of ketones is 1. The van der Waals surface area contributed by atoms with Crippen LogP contribution in [0.3, 0.4) is 0 Å². The van der Waals surface area contributed by atoms with Gasteiger partial charge in [0.2, 0.25) is 0 Å². The van der Waals surface area contributed by atoms with E-state index in [4.69, 9.17) is 5.11 Å². The Morgan fingerprint density at radius 1 is 1.15 bits per heavy atom. The molecular formula is C14H12N2O4. The highest BCUT2D eigenvalue weighted by Crippen LogP contribution is 2.24. The van der Waals surface area contributed by atoms with E-state index in [1.54, 1.807) is 24.4 Å². The van der Waals surface area contributed by atoms with Gasteiger partial charge in [-0.1, -0.05) is 6.07 Å². The molecule has 2 aromatic rings. The largest absolute Gasteiger partial charge is 0.506 e. The Bertz CT molecular complexity index is 641. The van der Waals surface area contributed by atoms with Crippen LogP contribution in [0, 0.1) is 0 Å². The molecule has 102 valence electrons. The van der Waals surface area contributed by atoms with E-state index in [0.717, 1.165) is 0 Å². The van der Waals surface area contributed by atoms with Gasteiger partial charge in [0, 0.05) is 24.4 Å². The third-order valence-electron chi connectivity index (χ3n) is 2.66. The normalized spacial score (nSPS) is 10.2. The van der Waals surface area contributed by atoms with Gasteiger partial charge >= 0.3 is 5.97 Å². The van der Waals surface area contributed by atoms with Crippen molar-refractivity contribution in [2.24, 2.45) is 0 Å². The van der Waals surface area contributed by atoms with Gasteiger partial charge in [-0.3, -0.25) is 14.6 Å². The van der Waals surface area contributed by atoms with E-state index in [0.29, 0.717) is 11.3 Å². The number of aromatic hydroxyl groups is 1. The van der Waals surface area contributed by atoms with Crippen LogP contribution in [-0.2, 0) is 4.79 Å². The van der Waals surface area contributed by atoms with Crippen molar-refractivity contribution in [3.8, 4) is 17.0 Å². The summed E-state index contributed by atoms with van der Waals surface area (Å²) in [6, 6.07) is 6.71. The van der Waals surface area contributed by atoms with Crippen molar-refractivity contribution in [3.05, 3.63) is 42.4 Å². The second kappa shape index (κ2) is 5.92. The monoisotopic (exact) mass is 272 g/mol. The van der Waals surface area contributed by atoms with Gasteiger partial charge in [0.05, 0.1) is 12.1 Å². The third-order valence-corrected chi connectivity index (χ3v) is 2.66. The van der Waals surface area contributed by atoms with Crippen molar-refractivity contribution < 1.29 is 19.8 Å².